The van der Waals surface area contributed by atoms with E-state index in [2.05, 4.69) is 102 Å². The van der Waals surface area contributed by atoms with Gasteiger partial charge in [-0.05, 0) is 233 Å². The first-order valence-corrected chi connectivity index (χ1v) is 47.2. The van der Waals surface area contributed by atoms with Gasteiger partial charge in [0.05, 0.1) is 55.0 Å². The predicted molar refractivity (Wildman–Crippen MR) is 508 cm³/mol. The number of halogens is 1. The van der Waals surface area contributed by atoms with Gasteiger partial charge in [-0.2, -0.15) is 0 Å². The molecule has 8 fully saturated rings. The lowest BCUT2D eigenvalue weighted by molar-refractivity contribution is -0.140. The lowest BCUT2D eigenvalue weighted by atomic mass is 9.84. The second-order valence-corrected chi connectivity index (χ2v) is 38.9. The third-order valence-electron chi connectivity index (χ3n) is 29.5. The van der Waals surface area contributed by atoms with Gasteiger partial charge in [-0.15, -0.1) is 0 Å². The summed E-state index contributed by atoms with van der Waals surface area (Å²) in [6.45, 7) is 27.4. The Bertz CT molecular complexity index is 6430. The quantitative estimate of drug-likeness (QED) is 0.0155. The van der Waals surface area contributed by atoms with Crippen molar-refractivity contribution in [2.24, 2.45) is 23.7 Å². The first kappa shape index (κ1) is 92.8. The maximum atomic E-state index is 13.6. The summed E-state index contributed by atoms with van der Waals surface area (Å²) in [5.74, 6) is -0.845. The molecule has 2 unspecified atom stereocenters. The van der Waals surface area contributed by atoms with Crippen LogP contribution >= 0.6 is 11.6 Å². The van der Waals surface area contributed by atoms with Crippen molar-refractivity contribution in [3.63, 3.8) is 0 Å². The smallest absolute Gasteiger partial charge is 0.334 e. The first-order valence-electron chi connectivity index (χ1n) is 46.8. The fourth-order valence-electron chi connectivity index (χ4n) is 21.1. The van der Waals surface area contributed by atoms with E-state index in [1.54, 1.807) is 49.1 Å². The number of methoxy groups -OCH3 is 2. The molecule has 135 heavy (non-hydrogen) atoms. The number of nitrogens with zero attached hydrogens (tertiary/aromatic N) is 1. The number of carbonyl (C=O) groups is 9. The van der Waals surface area contributed by atoms with Crippen molar-refractivity contribution in [2.75, 3.05) is 33.9 Å². The molecule has 7 N–H and O–H groups in total. The zero-order valence-corrected chi connectivity index (χ0v) is 77.9. The summed E-state index contributed by atoms with van der Waals surface area (Å²) in [5.41, 5.74) is 12.8. The molecule has 704 valence electrons. The van der Waals surface area contributed by atoms with Crippen LogP contribution in [0.5, 0.6) is 11.5 Å². The molecule has 0 spiro atoms. The predicted octanol–water partition coefficient (Wildman–Crippen LogP) is 16.6. The molecule has 27 nitrogen and oxygen atoms in total. The van der Waals surface area contributed by atoms with Crippen molar-refractivity contribution in [1.82, 2.24) is 40.8 Å². The Morgan fingerprint density at radius 1 is 0.474 bits per heavy atom. The van der Waals surface area contributed by atoms with Gasteiger partial charge in [0.25, 0.3) is 17.7 Å². The molecular formula is C107H115ClN8O19. The maximum Gasteiger partial charge on any atom is 0.334 e. The molecule has 16 atom stereocenters. The first-order chi connectivity index (χ1) is 64.9. The number of aromatic amines is 3. The Morgan fingerprint density at radius 2 is 0.904 bits per heavy atom. The van der Waals surface area contributed by atoms with Crippen molar-refractivity contribution in [3.05, 3.63) is 262 Å². The Kier molecular flexibility index (Phi) is 26.0. The van der Waals surface area contributed by atoms with E-state index in [4.69, 9.17) is 59.0 Å². The molecule has 0 bridgehead atoms. The molecule has 0 saturated carbocycles. The topological polar surface area (TPSA) is 360 Å². The molecular weight excluding hydrogens is 1740 g/mol. The summed E-state index contributed by atoms with van der Waals surface area (Å²) < 4.78 is 58.6. The molecule has 4 aliphatic carbocycles. The summed E-state index contributed by atoms with van der Waals surface area (Å²) in [5, 5.41) is 16.6. The molecule has 12 aliphatic rings. The van der Waals surface area contributed by atoms with Crippen LogP contribution in [-0.4, -0.2) is 178 Å². The summed E-state index contributed by atoms with van der Waals surface area (Å²) in [4.78, 5) is 123. The Balaban J connectivity index is 0.000000121. The normalized spacial score (nSPS) is 30.2. The van der Waals surface area contributed by atoms with Crippen LogP contribution in [0.25, 0.3) is 43.6 Å². The van der Waals surface area contributed by atoms with E-state index < -0.39 is 0 Å². The number of hydrogen-bond donors (Lipinski definition) is 7. The largest absolute Gasteiger partial charge is 0.497 e. The van der Waals surface area contributed by atoms with E-state index in [0.29, 0.717) is 100 Å². The molecule has 4 aromatic heterocycles. The number of rotatable bonds is 16. The molecule has 12 heterocycles. The number of nitrogens with one attached hydrogen (secondary N) is 7. The summed E-state index contributed by atoms with van der Waals surface area (Å²) in [7, 11) is 3.20. The molecule has 5 aromatic carbocycles. The Hall–Kier alpha value is -12.7. The molecule has 8 saturated heterocycles. The van der Waals surface area contributed by atoms with E-state index in [9.17, 15) is 43.2 Å². The van der Waals surface area contributed by atoms with Crippen LogP contribution in [0, 0.1) is 30.6 Å². The maximum absolute atomic E-state index is 13.6. The zero-order valence-electron chi connectivity index (χ0n) is 77.1. The Morgan fingerprint density at radius 3 is 1.39 bits per heavy atom. The SMILES string of the molecule is C=C1C(=O)O[C@H]2C1CC/C(NC(=O)Cc1c(C)n(C(=O)c3ccc(Cl)cc3)c3ccc(OC)cc13)=C\CC[C@@]1(C)OC21.C=C1C(=O)O[C@H]2[C@H]1CC/C(CNC(=O)Cc1c[nH]c3ccccc13)=C\CC[C@@]1(C)O[C@@H]21.C=C1C(=O)O[C@H]2[C@H]1CC/C(CNC(=O)c1cc3cc(OC)ccc3[nH]1)=C\CC[C@@]1(C)O[C@@H]21.C=C1C(=O)O[C@H]2[C@H]1CC/C(CNC(=O)c1cc3ccccc3[nH]1)=C\CC[C@@]1(C)O[C@@H]21. The van der Waals surface area contributed by atoms with E-state index in [1.807, 2.05) is 117 Å². The number of fused-ring (bicyclic) bond motifs is 16. The van der Waals surface area contributed by atoms with Crippen LogP contribution in [0.3, 0.4) is 0 Å². The van der Waals surface area contributed by atoms with Gasteiger partial charge in [0, 0.05) is 132 Å². The van der Waals surface area contributed by atoms with E-state index in [-0.39, 0.29) is 155 Å². The number of allylic oxidation sites excluding steroid dienone is 5. The number of benzene rings is 5. The van der Waals surface area contributed by atoms with Crippen molar-refractivity contribution in [3.8, 4) is 11.5 Å². The monoisotopic (exact) mass is 1850 g/mol. The number of aromatic nitrogens is 4. The molecule has 0 radical (unpaired) electrons. The number of epoxide rings is 4. The number of hydrogen-bond acceptors (Lipinski definition) is 19. The minimum absolute atomic E-state index is 0.00182. The van der Waals surface area contributed by atoms with Gasteiger partial charge in [0.15, 0.2) is 0 Å². The van der Waals surface area contributed by atoms with Crippen molar-refractivity contribution in [2.45, 2.75) is 221 Å². The standard InChI is InChI=1S/C33H33ClN2O6.C25H28N2O5.C25H28N2O4.C24H26N2O4/c1-18-24-13-11-22(6-5-15-33(3)30(42-33)29(24)41-32(18)39)35-28(37)17-25-19(2)36(27-14-12-23(40-4)16-26(25)27)31(38)20-7-9-21(34)10-8-20;1-14-18-8-6-15(5-4-10-25(2)22(32-25)21(18)31-24(14)29)13-26-23(28)20-12-16-11-17(30-3)7-9-19(16)27-20;1-15-18-10-9-16(6-5-11-25(2)23(31-25)22(18)30-24(15)29)13-27-21(28)12-17-14-26-20-8-4-3-7-19(17)20;1-14-17-10-9-15(6-5-11-24(2)21(30-24)20(17)29-23(14)28)13-25-22(27)19-12-16-7-3-4-8-18(16)26-19/h6-10,12,14,16,24,29-30H,1,5,11,13,15,17H2,2-4H3,(H,35,37);5,7,9,11-12,18,21-22,27H,1,4,6,8,10,13H2,2-3H3,(H,26,28);3-4,6-8,14,18,22-23,26H,1,5,9-13H2,2H3,(H,27,28);3-4,6-8,12,17,20-21,26H,1,5,9-11,13H2,2H3,(H,25,27)/b22-6+;15-5+;16-6+;15-6+/t24?,29-,30?,33+;18-,21-,22-,25+;18-,22-,23-,25+;17-,20-,21-,24+/m0000/s1. The molecule has 4 amide bonds. The molecule has 9 aromatic rings. The fraction of sp³-hybridized carbons (Fsp3) is 0.411. The highest BCUT2D eigenvalue weighted by Gasteiger charge is 2.65. The van der Waals surface area contributed by atoms with Crippen molar-refractivity contribution in [1.29, 1.82) is 0 Å². The third-order valence-corrected chi connectivity index (χ3v) is 29.7. The van der Waals surface area contributed by atoms with E-state index in [0.717, 1.165) is 162 Å². The number of ether oxygens (including phenoxy) is 10. The minimum atomic E-state index is -0.368. The highest BCUT2D eigenvalue weighted by atomic mass is 35.5. The van der Waals surface area contributed by atoms with Crippen LogP contribution in [0.15, 0.2) is 223 Å². The number of amides is 4. The lowest BCUT2D eigenvalue weighted by Crippen LogP contribution is -2.30. The lowest BCUT2D eigenvalue weighted by Gasteiger charge is -2.20. The molecule has 28 heteroatoms. The molecule has 8 aliphatic heterocycles. The van der Waals surface area contributed by atoms with Gasteiger partial charge >= 0.3 is 23.9 Å². The van der Waals surface area contributed by atoms with E-state index >= 15 is 0 Å². The van der Waals surface area contributed by atoms with Crippen LogP contribution in [0.1, 0.15) is 179 Å². The highest BCUT2D eigenvalue weighted by Crippen LogP contribution is 2.55. The number of carbonyl (C=O) groups excluding carboxylic acids is 9. The molecule has 21 rings (SSSR count). The van der Waals surface area contributed by atoms with Crippen LogP contribution in [-0.2, 0) is 79.5 Å². The van der Waals surface area contributed by atoms with Gasteiger partial charge < -0.3 is 83.6 Å². The van der Waals surface area contributed by atoms with Gasteiger partial charge in [0.1, 0.15) is 71.7 Å². The fourth-order valence-corrected chi connectivity index (χ4v) is 21.2. The zero-order chi connectivity index (χ0) is 94.7. The summed E-state index contributed by atoms with van der Waals surface area (Å²) in [6, 6.07) is 37.4. The van der Waals surface area contributed by atoms with Crippen molar-refractivity contribution < 1.29 is 90.5 Å². The number of H-pyrrole nitrogens is 3. The van der Waals surface area contributed by atoms with Gasteiger partial charge in [0.2, 0.25) is 11.8 Å². The van der Waals surface area contributed by atoms with Crippen molar-refractivity contribution >= 4 is 109 Å². The number of esters is 4. The Labute approximate surface area is 787 Å². The van der Waals surface area contributed by atoms with Gasteiger partial charge in [-0.1, -0.05) is 115 Å². The van der Waals surface area contributed by atoms with Crippen LogP contribution < -0.4 is 30.7 Å². The number of para-hydroxylation sites is 2. The van der Waals surface area contributed by atoms with Gasteiger partial charge in [-0.3, -0.25) is 28.5 Å². The minimum Gasteiger partial charge on any atom is -0.497 e. The van der Waals surface area contributed by atoms with Crippen LogP contribution in [0.2, 0.25) is 5.02 Å². The average molecular weight is 1850 g/mol. The second kappa shape index (κ2) is 37.9. The summed E-state index contributed by atoms with van der Waals surface area (Å²) in [6.07, 6.45) is 22.2. The highest BCUT2D eigenvalue weighted by molar-refractivity contribution is 6.30. The van der Waals surface area contributed by atoms with Gasteiger partial charge in [-0.25, -0.2) is 19.2 Å². The van der Waals surface area contributed by atoms with Crippen LogP contribution in [0.4, 0.5) is 0 Å². The summed E-state index contributed by atoms with van der Waals surface area (Å²) >= 11 is 6.04. The second-order valence-electron chi connectivity index (χ2n) is 38.4. The van der Waals surface area contributed by atoms with E-state index in [1.165, 1.54) is 5.57 Å². The average Bonchev–Trinajstić information content (AvgIpc) is 1.59. The third kappa shape index (κ3) is 19.5.